The van der Waals surface area contributed by atoms with E-state index in [9.17, 15) is 4.79 Å². The van der Waals surface area contributed by atoms with Gasteiger partial charge >= 0.3 is 0 Å². The average Bonchev–Trinajstić information content (AvgIpc) is 3.26. The van der Waals surface area contributed by atoms with Gasteiger partial charge in [-0.3, -0.25) is 4.79 Å². The fraction of sp³-hybridized carbons (Fsp3) is 0.346. The van der Waals surface area contributed by atoms with Gasteiger partial charge in [-0.2, -0.15) is 0 Å². The van der Waals surface area contributed by atoms with Crippen molar-refractivity contribution in [2.45, 2.75) is 50.3 Å². The minimum Gasteiger partial charge on any atom is -0.381 e. The van der Waals surface area contributed by atoms with Crippen molar-refractivity contribution in [3.63, 3.8) is 0 Å². The van der Waals surface area contributed by atoms with E-state index < -0.39 is 0 Å². The molecular formula is C26H26ClN3O2S2. The van der Waals surface area contributed by atoms with E-state index in [1.54, 1.807) is 29.6 Å². The molecule has 2 aromatic carbocycles. The van der Waals surface area contributed by atoms with Crippen molar-refractivity contribution < 1.29 is 4.74 Å². The third-order valence-electron chi connectivity index (χ3n) is 6.63. The maximum Gasteiger partial charge on any atom is 0.250 e. The number of morpholine rings is 1. The molecule has 2 unspecified atom stereocenters. The van der Waals surface area contributed by atoms with Crippen LogP contribution in [0.2, 0.25) is 0 Å². The van der Waals surface area contributed by atoms with E-state index in [1.807, 2.05) is 0 Å². The second kappa shape index (κ2) is 9.53. The topological polar surface area (TPSA) is 57.4 Å². The maximum atomic E-state index is 12.6. The molecule has 2 fully saturated rings. The Bertz CT molecular complexity index is 1280. The Morgan fingerprint density at radius 2 is 1.88 bits per heavy atom. The normalized spacial score (nSPS) is 21.7. The monoisotopic (exact) mass is 511 g/mol. The molecule has 8 heteroatoms. The summed E-state index contributed by atoms with van der Waals surface area (Å²) in [5.41, 5.74) is 3.92. The van der Waals surface area contributed by atoms with Crippen LogP contribution in [-0.2, 0) is 4.74 Å². The van der Waals surface area contributed by atoms with E-state index in [4.69, 9.17) is 16.3 Å². The quantitative estimate of drug-likeness (QED) is 0.324. The molecule has 3 aliphatic rings. The van der Waals surface area contributed by atoms with Gasteiger partial charge in [-0.25, -0.2) is 0 Å². The number of nitrogens with zero attached hydrogens (tertiary/aromatic N) is 1. The molecular weight excluding hydrogens is 486 g/mol. The molecule has 2 N–H and O–H groups in total. The second-order valence-corrected chi connectivity index (χ2v) is 11.6. The number of hydrogen-bond acceptors (Lipinski definition) is 6. The molecule has 1 saturated carbocycles. The summed E-state index contributed by atoms with van der Waals surface area (Å²) in [5.74, 6) is 0. The lowest BCUT2D eigenvalue weighted by molar-refractivity contribution is 0.122. The molecule has 2 aliphatic heterocycles. The first-order valence-corrected chi connectivity index (χ1v) is 13.8. The summed E-state index contributed by atoms with van der Waals surface area (Å²) in [4.78, 5) is 22.7. The Balaban J connectivity index is 1.30. The van der Waals surface area contributed by atoms with E-state index in [2.05, 4.69) is 57.7 Å². The van der Waals surface area contributed by atoms with Crippen LogP contribution in [0.3, 0.4) is 0 Å². The molecule has 3 aromatic rings. The van der Waals surface area contributed by atoms with Gasteiger partial charge in [-0.1, -0.05) is 35.7 Å². The molecule has 0 bridgehead atoms. The molecule has 1 saturated heterocycles. The van der Waals surface area contributed by atoms with Gasteiger partial charge in [0.15, 0.2) is 0 Å². The van der Waals surface area contributed by atoms with Crippen molar-refractivity contribution >= 4 is 46.5 Å². The second-order valence-electron chi connectivity index (χ2n) is 8.91. The number of ether oxygens (including phenoxy) is 1. The third kappa shape index (κ3) is 4.47. The van der Waals surface area contributed by atoms with E-state index in [-0.39, 0.29) is 10.9 Å². The molecule has 34 heavy (non-hydrogen) atoms. The molecule has 0 radical (unpaired) electrons. The van der Waals surface area contributed by atoms with E-state index in [0.717, 1.165) is 48.6 Å². The van der Waals surface area contributed by atoms with Crippen molar-refractivity contribution in [1.29, 1.82) is 0 Å². The maximum absolute atomic E-state index is 12.6. The fourth-order valence-corrected chi connectivity index (χ4v) is 7.63. The highest BCUT2D eigenvalue weighted by molar-refractivity contribution is 8.05. The predicted octanol–water partition coefficient (Wildman–Crippen LogP) is 6.07. The smallest absolute Gasteiger partial charge is 0.250 e. The summed E-state index contributed by atoms with van der Waals surface area (Å²) in [7, 11) is 0. The van der Waals surface area contributed by atoms with Gasteiger partial charge in [-0.05, 0) is 49.6 Å². The first-order valence-electron chi connectivity index (χ1n) is 11.7. The van der Waals surface area contributed by atoms with Gasteiger partial charge in [0, 0.05) is 61.7 Å². The standard InChI is InChI=1S/C26H26ClN3O2S2/c27-19-4-2-5-20(19)28-16-7-8-22-24(13-16)33-23-6-1-3-18(26(23)34-22)21-14-17(15-25(31)29-21)30-9-11-32-12-10-30/h1,3,6-8,13-15,19-20,28H,2,4-5,9-12H2,(H,29,31). The van der Waals surface area contributed by atoms with Gasteiger partial charge < -0.3 is 19.9 Å². The number of anilines is 2. The van der Waals surface area contributed by atoms with Gasteiger partial charge in [0.2, 0.25) is 5.56 Å². The summed E-state index contributed by atoms with van der Waals surface area (Å²) >= 11 is 10.0. The number of alkyl halides is 1. The van der Waals surface area contributed by atoms with Gasteiger partial charge in [0.05, 0.1) is 24.3 Å². The summed E-state index contributed by atoms with van der Waals surface area (Å²) in [5, 5.41) is 3.84. The van der Waals surface area contributed by atoms with E-state index >= 15 is 0 Å². The Kier molecular flexibility index (Phi) is 6.28. The molecule has 176 valence electrons. The molecule has 1 aromatic heterocycles. The number of halogens is 1. The van der Waals surface area contributed by atoms with Crippen LogP contribution in [0.25, 0.3) is 11.3 Å². The largest absolute Gasteiger partial charge is 0.381 e. The molecule has 1 aliphatic carbocycles. The summed E-state index contributed by atoms with van der Waals surface area (Å²) in [6.07, 6.45) is 3.40. The summed E-state index contributed by atoms with van der Waals surface area (Å²) in [6.45, 7) is 2.98. The van der Waals surface area contributed by atoms with Gasteiger partial charge in [0.1, 0.15) is 0 Å². The highest BCUT2D eigenvalue weighted by atomic mass is 35.5. The zero-order valence-electron chi connectivity index (χ0n) is 18.7. The van der Waals surface area contributed by atoms with Crippen molar-refractivity contribution in [2.75, 3.05) is 36.5 Å². The summed E-state index contributed by atoms with van der Waals surface area (Å²) in [6, 6.07) is 17.1. The van der Waals surface area contributed by atoms with E-state index in [0.29, 0.717) is 19.3 Å². The number of rotatable bonds is 4. The lowest BCUT2D eigenvalue weighted by atomic mass is 10.1. The molecule has 2 atom stereocenters. The molecule has 0 spiro atoms. The van der Waals surface area contributed by atoms with Crippen molar-refractivity contribution in [2.24, 2.45) is 0 Å². The van der Waals surface area contributed by atoms with Crippen LogP contribution in [-0.4, -0.2) is 42.7 Å². The van der Waals surface area contributed by atoms with Crippen LogP contribution >= 0.6 is 35.1 Å². The SMILES string of the molecule is O=c1cc(N2CCOCC2)cc(-c2cccc3c2Sc2ccc(NC4CCCC4Cl)cc2S3)[nH]1. The highest BCUT2D eigenvalue weighted by Gasteiger charge is 2.26. The van der Waals surface area contributed by atoms with Gasteiger partial charge in [0.25, 0.3) is 0 Å². The lowest BCUT2D eigenvalue weighted by Crippen LogP contribution is -2.36. The third-order valence-corrected chi connectivity index (χ3v) is 9.75. The minimum atomic E-state index is -0.0781. The Morgan fingerprint density at radius 1 is 1.00 bits per heavy atom. The number of fused-ring (bicyclic) bond motifs is 2. The number of pyridine rings is 1. The molecule has 6 rings (SSSR count). The minimum absolute atomic E-state index is 0.0781. The first kappa shape index (κ1) is 22.4. The molecule has 5 nitrogen and oxygen atoms in total. The van der Waals surface area contributed by atoms with Crippen LogP contribution in [0.4, 0.5) is 11.4 Å². The number of benzene rings is 2. The summed E-state index contributed by atoms with van der Waals surface area (Å²) < 4.78 is 5.48. The zero-order valence-corrected chi connectivity index (χ0v) is 21.1. The average molecular weight is 512 g/mol. The van der Waals surface area contributed by atoms with E-state index in [1.165, 1.54) is 26.0 Å². The number of aromatic amines is 1. The van der Waals surface area contributed by atoms with Crippen molar-refractivity contribution in [3.05, 3.63) is 58.9 Å². The van der Waals surface area contributed by atoms with Crippen LogP contribution in [0.5, 0.6) is 0 Å². The molecule has 0 amide bonds. The van der Waals surface area contributed by atoms with Crippen LogP contribution in [0, 0.1) is 0 Å². The lowest BCUT2D eigenvalue weighted by Gasteiger charge is -2.29. The number of H-pyrrole nitrogens is 1. The first-order chi connectivity index (χ1) is 16.6. The predicted molar refractivity (Wildman–Crippen MR) is 141 cm³/mol. The molecule has 3 heterocycles. The van der Waals surface area contributed by atoms with Crippen LogP contribution < -0.4 is 15.8 Å². The highest BCUT2D eigenvalue weighted by Crippen LogP contribution is 2.52. The Morgan fingerprint density at radius 3 is 2.71 bits per heavy atom. The van der Waals surface area contributed by atoms with Gasteiger partial charge in [-0.15, -0.1) is 11.6 Å². The Labute approximate surface area is 212 Å². The number of aromatic nitrogens is 1. The Hall–Kier alpha value is -2.06. The van der Waals surface area contributed by atoms with Crippen molar-refractivity contribution in [3.8, 4) is 11.3 Å². The number of hydrogen-bond donors (Lipinski definition) is 2. The van der Waals surface area contributed by atoms with Crippen LogP contribution in [0.1, 0.15) is 19.3 Å². The zero-order chi connectivity index (χ0) is 23.1. The van der Waals surface area contributed by atoms with Crippen LogP contribution in [0.15, 0.2) is 72.9 Å². The fourth-order valence-electron chi connectivity index (χ4n) is 4.87. The van der Waals surface area contributed by atoms with Crippen molar-refractivity contribution in [1.82, 2.24) is 4.98 Å². The number of nitrogens with one attached hydrogen (secondary N) is 2.